The molecule has 5 aliphatic heterocycles. The average Bonchev–Trinajstić information content (AvgIpc) is 3.92. The minimum Gasteiger partial charge on any atom is -0.495 e. The predicted molar refractivity (Wildman–Crippen MR) is 235 cm³/mol. The number of piperazine rings is 1. The van der Waals surface area contributed by atoms with Crippen LogP contribution < -0.4 is 35.4 Å². The van der Waals surface area contributed by atoms with E-state index in [-0.39, 0.29) is 53.8 Å². The number of carbonyl (C=O) groups excluding carboxylic acids is 6. The van der Waals surface area contributed by atoms with Crippen molar-refractivity contribution in [3.63, 3.8) is 0 Å². The average molecular weight is 898 g/mol. The van der Waals surface area contributed by atoms with Gasteiger partial charge in [-0.15, -0.1) is 0 Å². The fourth-order valence-corrected chi connectivity index (χ4v) is 10.1. The van der Waals surface area contributed by atoms with Crippen LogP contribution in [0.3, 0.4) is 0 Å². The van der Waals surface area contributed by atoms with Gasteiger partial charge in [0, 0.05) is 76.9 Å². The van der Waals surface area contributed by atoms with Crippen LogP contribution in [0.2, 0.25) is 0 Å². The van der Waals surface area contributed by atoms with E-state index in [0.29, 0.717) is 47.9 Å². The lowest BCUT2D eigenvalue weighted by molar-refractivity contribution is -0.140. The molecule has 344 valence electrons. The fourth-order valence-electron chi connectivity index (χ4n) is 10.1. The number of alkyl halides is 2. The van der Waals surface area contributed by atoms with Crippen LogP contribution in [0.25, 0.3) is 0 Å². The SMILES string of the molecule is COc1cc(C(=O)NC2CCCN(CCN3CCN(c4cccc5c4C(=O)N(C4CCC(=O)NC4=O)C5=O)CC3)C2)ccc1Nc1ncc2c(n1)N(C1CCCC1)CC(F)(F)C(=O)N2C. The van der Waals surface area contributed by atoms with Crippen LogP contribution in [0.5, 0.6) is 5.75 Å². The highest BCUT2D eigenvalue weighted by Crippen LogP contribution is 2.40. The second kappa shape index (κ2) is 17.9. The second-order valence-electron chi connectivity index (χ2n) is 17.7. The summed E-state index contributed by atoms with van der Waals surface area (Å²) in [4.78, 5) is 96.9. The summed E-state index contributed by atoms with van der Waals surface area (Å²) >= 11 is 0. The number of aromatic nitrogens is 2. The number of likely N-dealkylation sites (tertiary alicyclic amines) is 1. The maximum absolute atomic E-state index is 15.1. The van der Waals surface area contributed by atoms with Crippen molar-refractivity contribution in [1.29, 1.82) is 0 Å². The lowest BCUT2D eigenvalue weighted by atomic mass is 10.0. The van der Waals surface area contributed by atoms with Crippen LogP contribution in [0, 0.1) is 0 Å². The van der Waals surface area contributed by atoms with E-state index in [9.17, 15) is 28.8 Å². The number of hydrogen-bond donors (Lipinski definition) is 3. The molecule has 3 aromatic rings. The molecule has 2 atom stereocenters. The molecule has 4 fully saturated rings. The number of fused-ring (bicyclic) bond motifs is 2. The van der Waals surface area contributed by atoms with E-state index < -0.39 is 48.0 Å². The van der Waals surface area contributed by atoms with Crippen molar-refractivity contribution in [3.05, 3.63) is 59.3 Å². The van der Waals surface area contributed by atoms with Crippen molar-refractivity contribution < 1.29 is 42.3 Å². The number of methoxy groups -OCH3 is 1. The van der Waals surface area contributed by atoms with Crippen molar-refractivity contribution in [2.75, 3.05) is 93.1 Å². The van der Waals surface area contributed by atoms with Crippen LogP contribution in [0.1, 0.15) is 82.4 Å². The minimum atomic E-state index is -3.59. The zero-order chi connectivity index (χ0) is 45.6. The van der Waals surface area contributed by atoms with Gasteiger partial charge in [0.15, 0.2) is 5.82 Å². The minimum absolute atomic E-state index is 0.0623. The Bertz CT molecular complexity index is 2410. The van der Waals surface area contributed by atoms with Gasteiger partial charge in [0.05, 0.1) is 42.4 Å². The normalized spacial score (nSPS) is 23.0. The van der Waals surface area contributed by atoms with Crippen LogP contribution in [-0.2, 0) is 14.4 Å². The zero-order valence-electron chi connectivity index (χ0n) is 36.5. The summed E-state index contributed by atoms with van der Waals surface area (Å²) in [6.07, 6.45) is 6.57. The van der Waals surface area contributed by atoms with E-state index in [0.717, 1.165) is 81.0 Å². The van der Waals surface area contributed by atoms with Crippen molar-refractivity contribution >= 4 is 64.3 Å². The number of nitrogens with zero attached hydrogens (tertiary/aromatic N) is 8. The molecule has 20 heteroatoms. The summed E-state index contributed by atoms with van der Waals surface area (Å²) in [5, 5.41) is 8.57. The third kappa shape index (κ3) is 8.68. The number of carbonyl (C=O) groups is 6. The molecule has 0 radical (unpaired) electrons. The zero-order valence-corrected chi connectivity index (χ0v) is 36.5. The Balaban J connectivity index is 0.780. The van der Waals surface area contributed by atoms with Gasteiger partial charge >= 0.3 is 5.92 Å². The summed E-state index contributed by atoms with van der Waals surface area (Å²) in [5.41, 5.74) is 2.32. The smallest absolute Gasteiger partial charge is 0.342 e. The summed E-state index contributed by atoms with van der Waals surface area (Å²) in [6.45, 7) is 5.26. The molecule has 9 rings (SSSR count). The third-order valence-corrected chi connectivity index (χ3v) is 13.6. The summed E-state index contributed by atoms with van der Waals surface area (Å²) < 4.78 is 35.8. The molecule has 65 heavy (non-hydrogen) atoms. The predicted octanol–water partition coefficient (Wildman–Crippen LogP) is 3.01. The van der Waals surface area contributed by atoms with Gasteiger partial charge in [0.2, 0.25) is 17.8 Å². The van der Waals surface area contributed by atoms with Crippen molar-refractivity contribution in [2.24, 2.45) is 0 Å². The number of imide groups is 2. The molecule has 2 unspecified atom stereocenters. The van der Waals surface area contributed by atoms with E-state index >= 15 is 8.78 Å². The molecule has 18 nitrogen and oxygen atoms in total. The van der Waals surface area contributed by atoms with Gasteiger partial charge in [0.25, 0.3) is 23.6 Å². The molecule has 0 spiro atoms. The Morgan fingerprint density at radius 1 is 0.908 bits per heavy atom. The van der Waals surface area contributed by atoms with E-state index in [1.807, 2.05) is 6.07 Å². The molecule has 2 aromatic carbocycles. The Kier molecular flexibility index (Phi) is 12.1. The number of halogens is 2. The van der Waals surface area contributed by atoms with Crippen molar-refractivity contribution in [1.82, 2.24) is 35.3 Å². The molecule has 3 saturated heterocycles. The van der Waals surface area contributed by atoms with Crippen LogP contribution in [0.15, 0.2) is 42.6 Å². The number of ether oxygens (including phenoxy) is 1. The molecule has 6 amide bonds. The number of anilines is 5. The van der Waals surface area contributed by atoms with Gasteiger partial charge < -0.3 is 35.0 Å². The molecule has 1 saturated carbocycles. The molecule has 3 N–H and O–H groups in total. The Morgan fingerprint density at radius 2 is 1.68 bits per heavy atom. The van der Waals surface area contributed by atoms with E-state index in [2.05, 4.69) is 40.6 Å². The highest BCUT2D eigenvalue weighted by Gasteiger charge is 2.49. The first-order valence-corrected chi connectivity index (χ1v) is 22.4. The number of nitrogens with one attached hydrogen (secondary N) is 3. The first-order valence-electron chi connectivity index (χ1n) is 22.4. The summed E-state index contributed by atoms with van der Waals surface area (Å²) in [5.74, 6) is -6.46. The topological polar surface area (TPSA) is 193 Å². The van der Waals surface area contributed by atoms with Crippen LogP contribution >= 0.6 is 0 Å². The Morgan fingerprint density at radius 3 is 2.43 bits per heavy atom. The molecule has 1 aromatic heterocycles. The van der Waals surface area contributed by atoms with Crippen molar-refractivity contribution in [3.8, 4) is 5.75 Å². The largest absolute Gasteiger partial charge is 0.495 e. The molecule has 1 aliphatic carbocycles. The van der Waals surface area contributed by atoms with Crippen LogP contribution in [-0.4, -0.2) is 157 Å². The number of amides is 6. The number of hydrogen-bond acceptors (Lipinski definition) is 14. The second-order valence-corrected chi connectivity index (χ2v) is 17.7. The standard InChI is InChI=1S/C45H53F2N11O7/c1-53-34-24-48-44(52-38(34)57(29-8-3-4-9-29)26-45(46,47)43(53)64)50-31-13-12-27(23-35(31)65-2)39(60)49-28-7-6-16-55(25-28)18-17-54-19-21-56(22-20-54)32-11-5-10-30-37(32)42(63)58(41(30)62)33-14-15-36(59)51-40(33)61/h5,10-13,23-24,28-29,33H,3-4,6-9,14-22,25-26H2,1-2H3,(H,49,60)(H,48,50,52)(H,51,59,61). The Hall–Kier alpha value is -6.28. The van der Waals surface area contributed by atoms with Gasteiger partial charge in [-0.2, -0.15) is 13.8 Å². The lowest BCUT2D eigenvalue weighted by Crippen LogP contribution is -2.54. The van der Waals surface area contributed by atoms with Crippen LogP contribution in [0.4, 0.5) is 37.6 Å². The van der Waals surface area contributed by atoms with E-state index in [1.54, 1.807) is 35.2 Å². The molecular weight excluding hydrogens is 845 g/mol. The Labute approximate surface area is 374 Å². The summed E-state index contributed by atoms with van der Waals surface area (Å²) in [6, 6.07) is 8.94. The molecule has 6 aliphatic rings. The maximum Gasteiger partial charge on any atom is 0.342 e. The fraction of sp³-hybridized carbons (Fsp3) is 0.511. The maximum atomic E-state index is 15.1. The van der Waals surface area contributed by atoms with Gasteiger partial charge in [-0.3, -0.25) is 43.9 Å². The number of rotatable bonds is 11. The molecular formula is C45H53F2N11O7. The van der Waals surface area contributed by atoms with Gasteiger partial charge in [-0.1, -0.05) is 18.9 Å². The highest BCUT2D eigenvalue weighted by molar-refractivity contribution is 6.25. The number of piperidine rings is 2. The monoisotopic (exact) mass is 897 g/mol. The van der Waals surface area contributed by atoms with E-state index in [1.165, 1.54) is 20.4 Å². The van der Waals surface area contributed by atoms with Crippen molar-refractivity contribution in [2.45, 2.75) is 75.4 Å². The quantitative estimate of drug-likeness (QED) is 0.238. The third-order valence-electron chi connectivity index (χ3n) is 13.6. The van der Waals surface area contributed by atoms with E-state index in [4.69, 9.17) is 4.74 Å². The number of benzene rings is 2. The first kappa shape index (κ1) is 43.9. The highest BCUT2D eigenvalue weighted by atomic mass is 19.3. The van der Waals surface area contributed by atoms with Gasteiger partial charge in [-0.25, -0.2) is 4.98 Å². The summed E-state index contributed by atoms with van der Waals surface area (Å²) in [7, 11) is 2.79. The lowest BCUT2D eigenvalue weighted by Gasteiger charge is -2.39. The molecule has 0 bridgehead atoms. The van der Waals surface area contributed by atoms with Gasteiger partial charge in [0.1, 0.15) is 17.5 Å². The molecule has 6 heterocycles. The van der Waals surface area contributed by atoms with Gasteiger partial charge in [-0.05, 0) is 69.0 Å². The first-order chi connectivity index (χ1) is 31.3.